The molecule has 0 radical (unpaired) electrons. The van der Waals surface area contributed by atoms with Gasteiger partial charge in [0, 0.05) is 24.6 Å². The van der Waals surface area contributed by atoms with E-state index in [-0.39, 0.29) is 0 Å². The van der Waals surface area contributed by atoms with E-state index in [1.54, 1.807) is 0 Å². The molecule has 0 saturated carbocycles. The molecular weight excluding hydrogens is 238 g/mol. The van der Waals surface area contributed by atoms with Gasteiger partial charge in [-0.15, -0.1) is 0 Å². The summed E-state index contributed by atoms with van der Waals surface area (Å²) >= 11 is 0. The number of nitrogens with two attached hydrogens (primary N) is 1. The molecule has 2 heterocycles. The van der Waals surface area contributed by atoms with Crippen LogP contribution in [0.15, 0.2) is 0 Å². The number of nitrogens with one attached hydrogen (secondary N) is 1. The first-order valence-electron chi connectivity index (χ1n) is 7.04. The highest BCUT2D eigenvalue weighted by atomic mass is 15.3. The third-order valence-electron chi connectivity index (χ3n) is 4.08. The zero-order chi connectivity index (χ0) is 14.2. The standard InChI is InChI=1S/C14H25N5/c1-8(2)12-16-13(18-15)11(5)14(17-12)19-6-9(3)10(4)7-19/h8-10H,6-7,15H2,1-5H3,(H,16,17,18). The first-order valence-corrected chi connectivity index (χ1v) is 7.04. The molecule has 1 aromatic heterocycles. The van der Waals surface area contributed by atoms with Crippen LogP contribution in [0.3, 0.4) is 0 Å². The van der Waals surface area contributed by atoms with Crippen LogP contribution in [0.5, 0.6) is 0 Å². The van der Waals surface area contributed by atoms with Gasteiger partial charge < -0.3 is 10.3 Å². The highest BCUT2D eigenvalue weighted by molar-refractivity contribution is 5.59. The Bertz CT molecular complexity index is 447. The molecule has 5 heteroatoms. The van der Waals surface area contributed by atoms with Gasteiger partial charge in [-0.3, -0.25) is 0 Å². The van der Waals surface area contributed by atoms with Gasteiger partial charge in [-0.25, -0.2) is 15.8 Å². The number of anilines is 2. The summed E-state index contributed by atoms with van der Waals surface area (Å²) in [5, 5.41) is 0. The molecule has 0 aliphatic carbocycles. The summed E-state index contributed by atoms with van der Waals surface area (Å²) in [6, 6.07) is 0. The van der Waals surface area contributed by atoms with E-state index in [4.69, 9.17) is 10.8 Å². The van der Waals surface area contributed by atoms with Crippen molar-refractivity contribution in [1.82, 2.24) is 9.97 Å². The molecule has 0 aromatic carbocycles. The van der Waals surface area contributed by atoms with Crippen molar-refractivity contribution < 1.29 is 0 Å². The van der Waals surface area contributed by atoms with E-state index in [9.17, 15) is 0 Å². The quantitative estimate of drug-likeness (QED) is 0.647. The van der Waals surface area contributed by atoms with Crippen molar-refractivity contribution in [3.05, 3.63) is 11.4 Å². The predicted molar refractivity (Wildman–Crippen MR) is 79.2 cm³/mol. The summed E-state index contributed by atoms with van der Waals surface area (Å²) in [5.74, 6) is 9.89. The zero-order valence-electron chi connectivity index (χ0n) is 12.6. The molecule has 1 aromatic rings. The highest BCUT2D eigenvalue weighted by Gasteiger charge is 2.29. The van der Waals surface area contributed by atoms with Gasteiger partial charge in [0.05, 0.1) is 0 Å². The summed E-state index contributed by atoms with van der Waals surface area (Å²) in [4.78, 5) is 11.6. The maximum absolute atomic E-state index is 5.58. The van der Waals surface area contributed by atoms with Crippen LogP contribution in [-0.2, 0) is 0 Å². The Kier molecular flexibility index (Phi) is 3.94. The van der Waals surface area contributed by atoms with E-state index in [1.807, 2.05) is 6.92 Å². The van der Waals surface area contributed by atoms with Crippen molar-refractivity contribution in [2.75, 3.05) is 23.4 Å². The van der Waals surface area contributed by atoms with Gasteiger partial charge in [0.1, 0.15) is 17.5 Å². The van der Waals surface area contributed by atoms with E-state index in [0.29, 0.717) is 17.8 Å². The molecule has 2 unspecified atom stereocenters. The van der Waals surface area contributed by atoms with E-state index >= 15 is 0 Å². The lowest BCUT2D eigenvalue weighted by Gasteiger charge is -2.22. The smallest absolute Gasteiger partial charge is 0.148 e. The molecule has 2 rings (SSSR count). The summed E-state index contributed by atoms with van der Waals surface area (Å²) in [5.41, 5.74) is 3.73. The van der Waals surface area contributed by atoms with Crippen molar-refractivity contribution in [2.24, 2.45) is 17.7 Å². The van der Waals surface area contributed by atoms with Crippen molar-refractivity contribution in [1.29, 1.82) is 0 Å². The zero-order valence-corrected chi connectivity index (χ0v) is 12.6. The third-order valence-corrected chi connectivity index (χ3v) is 4.08. The maximum Gasteiger partial charge on any atom is 0.148 e. The fourth-order valence-corrected chi connectivity index (χ4v) is 2.53. The normalized spacial score (nSPS) is 23.2. The van der Waals surface area contributed by atoms with Gasteiger partial charge in [-0.2, -0.15) is 0 Å². The Labute approximate surface area is 115 Å². The largest absolute Gasteiger partial charge is 0.356 e. The van der Waals surface area contributed by atoms with Crippen LogP contribution in [0.4, 0.5) is 11.6 Å². The highest BCUT2D eigenvalue weighted by Crippen LogP contribution is 2.31. The average Bonchev–Trinajstić information content (AvgIpc) is 2.69. The Morgan fingerprint density at radius 3 is 2.26 bits per heavy atom. The van der Waals surface area contributed by atoms with E-state index in [1.165, 1.54) is 0 Å². The Hall–Kier alpha value is -1.36. The molecule has 0 spiro atoms. The number of aromatic nitrogens is 2. The Morgan fingerprint density at radius 1 is 1.21 bits per heavy atom. The number of nitrogen functional groups attached to an aromatic ring is 1. The number of rotatable bonds is 3. The lowest BCUT2D eigenvalue weighted by atomic mass is 10.0. The molecule has 5 nitrogen and oxygen atoms in total. The van der Waals surface area contributed by atoms with Crippen LogP contribution in [0, 0.1) is 18.8 Å². The second-order valence-electron chi connectivity index (χ2n) is 6.04. The minimum Gasteiger partial charge on any atom is -0.356 e. The van der Waals surface area contributed by atoms with Gasteiger partial charge in [-0.1, -0.05) is 27.7 Å². The molecule has 1 saturated heterocycles. The molecule has 0 bridgehead atoms. The minimum atomic E-state index is 0.295. The van der Waals surface area contributed by atoms with Crippen molar-refractivity contribution in [2.45, 2.75) is 40.5 Å². The van der Waals surface area contributed by atoms with Crippen molar-refractivity contribution >= 4 is 11.6 Å². The topological polar surface area (TPSA) is 67.1 Å². The Balaban J connectivity index is 2.41. The minimum absolute atomic E-state index is 0.295. The number of nitrogens with zero attached hydrogens (tertiary/aromatic N) is 3. The number of hydrogen-bond donors (Lipinski definition) is 2. The lowest BCUT2D eigenvalue weighted by molar-refractivity contribution is 0.494. The summed E-state index contributed by atoms with van der Waals surface area (Å²) in [6.45, 7) is 12.9. The second-order valence-corrected chi connectivity index (χ2v) is 6.04. The summed E-state index contributed by atoms with van der Waals surface area (Å²) < 4.78 is 0. The third kappa shape index (κ3) is 2.66. The van der Waals surface area contributed by atoms with Gasteiger partial charge in [0.25, 0.3) is 0 Å². The molecular formula is C14H25N5. The van der Waals surface area contributed by atoms with Crippen molar-refractivity contribution in [3.8, 4) is 0 Å². The van der Waals surface area contributed by atoms with Crippen LogP contribution < -0.4 is 16.2 Å². The molecule has 0 amide bonds. The average molecular weight is 263 g/mol. The molecule has 3 N–H and O–H groups in total. The molecule has 2 atom stereocenters. The molecule has 106 valence electrons. The SMILES string of the molecule is Cc1c(NN)nc(C(C)C)nc1N1CC(C)C(C)C1. The molecule has 1 aliphatic rings. The van der Waals surface area contributed by atoms with Crippen molar-refractivity contribution in [3.63, 3.8) is 0 Å². The fraction of sp³-hybridized carbons (Fsp3) is 0.714. The number of hydrogen-bond acceptors (Lipinski definition) is 5. The molecule has 19 heavy (non-hydrogen) atoms. The predicted octanol–water partition coefficient (Wildman–Crippen LogP) is 2.29. The second kappa shape index (κ2) is 5.33. The first kappa shape index (κ1) is 14.1. The van der Waals surface area contributed by atoms with Gasteiger partial charge >= 0.3 is 0 Å². The van der Waals surface area contributed by atoms with Crippen LogP contribution >= 0.6 is 0 Å². The molecule has 1 fully saturated rings. The summed E-state index contributed by atoms with van der Waals surface area (Å²) in [7, 11) is 0. The van der Waals surface area contributed by atoms with Crippen LogP contribution in [-0.4, -0.2) is 23.1 Å². The van der Waals surface area contributed by atoms with Gasteiger partial charge in [-0.05, 0) is 18.8 Å². The van der Waals surface area contributed by atoms with Crippen LogP contribution in [0.2, 0.25) is 0 Å². The first-order chi connectivity index (χ1) is 8.93. The van der Waals surface area contributed by atoms with E-state index in [0.717, 1.165) is 36.1 Å². The monoisotopic (exact) mass is 263 g/mol. The molecule has 1 aliphatic heterocycles. The van der Waals surface area contributed by atoms with Gasteiger partial charge in [0.15, 0.2) is 0 Å². The number of hydrazine groups is 1. The van der Waals surface area contributed by atoms with Crippen LogP contribution in [0.25, 0.3) is 0 Å². The van der Waals surface area contributed by atoms with E-state index < -0.39 is 0 Å². The van der Waals surface area contributed by atoms with E-state index in [2.05, 4.69) is 43.0 Å². The maximum atomic E-state index is 5.58. The lowest BCUT2D eigenvalue weighted by Crippen LogP contribution is -2.24. The fourth-order valence-electron chi connectivity index (χ4n) is 2.53. The van der Waals surface area contributed by atoms with Gasteiger partial charge in [0.2, 0.25) is 0 Å². The van der Waals surface area contributed by atoms with Crippen LogP contribution in [0.1, 0.15) is 45.0 Å². The Morgan fingerprint density at radius 2 is 1.79 bits per heavy atom. The summed E-state index contributed by atoms with van der Waals surface area (Å²) in [6.07, 6.45) is 0.